The zero-order valence-corrected chi connectivity index (χ0v) is 22.2. The van der Waals surface area contributed by atoms with Gasteiger partial charge >= 0.3 is 0 Å². The smallest absolute Gasteiger partial charge is 0.123 e. The summed E-state index contributed by atoms with van der Waals surface area (Å²) in [5.74, 6) is -0.293. The summed E-state index contributed by atoms with van der Waals surface area (Å²) in [5, 5.41) is 9.58. The van der Waals surface area contributed by atoms with Crippen LogP contribution in [0.3, 0.4) is 0 Å². The van der Waals surface area contributed by atoms with Gasteiger partial charge < -0.3 is 4.98 Å². The lowest BCUT2D eigenvalue weighted by Gasteiger charge is -2.07. The van der Waals surface area contributed by atoms with Gasteiger partial charge in [-0.15, -0.1) is 0 Å². The second-order valence-corrected chi connectivity index (χ2v) is 9.65. The van der Waals surface area contributed by atoms with Crippen molar-refractivity contribution in [2.75, 3.05) is 0 Å². The fourth-order valence-electron chi connectivity index (χ4n) is 5.00. The molecule has 2 N–H and O–H groups in total. The first-order valence-electron chi connectivity index (χ1n) is 13.2. The molecule has 0 saturated carbocycles. The van der Waals surface area contributed by atoms with Crippen LogP contribution in [0.15, 0.2) is 116 Å². The highest BCUT2D eigenvalue weighted by Gasteiger charge is 2.16. The number of pyridine rings is 2. The Kier molecular flexibility index (Phi) is 6.89. The Balaban J connectivity index is 1.35. The van der Waals surface area contributed by atoms with Gasteiger partial charge in [-0.1, -0.05) is 61.2 Å². The first-order chi connectivity index (χ1) is 19.6. The second-order valence-electron chi connectivity index (χ2n) is 9.65. The zero-order valence-electron chi connectivity index (χ0n) is 22.2. The van der Waals surface area contributed by atoms with Crippen molar-refractivity contribution in [2.45, 2.75) is 19.8 Å². The quantitative estimate of drug-likeness (QED) is 0.196. The molecule has 4 aromatic heterocycles. The third-order valence-corrected chi connectivity index (χ3v) is 7.10. The molecule has 0 amide bonds. The Labute approximate surface area is 231 Å². The maximum atomic E-state index is 13.9. The minimum atomic E-state index is -0.293. The van der Waals surface area contributed by atoms with Crippen molar-refractivity contribution in [3.63, 3.8) is 0 Å². The number of allylic oxidation sites excluding steroid dienone is 5. The molecular formula is C34H28FN5. The van der Waals surface area contributed by atoms with Gasteiger partial charge in [-0.05, 0) is 72.9 Å². The topological polar surface area (TPSA) is 70.2 Å². The number of aryl methyl sites for hydroxylation is 1. The average molecular weight is 526 g/mol. The van der Waals surface area contributed by atoms with Crippen molar-refractivity contribution in [1.82, 2.24) is 25.1 Å². The molecule has 0 bridgehead atoms. The van der Waals surface area contributed by atoms with Crippen LogP contribution in [0.5, 0.6) is 0 Å². The van der Waals surface area contributed by atoms with Crippen molar-refractivity contribution in [3.05, 3.63) is 133 Å². The van der Waals surface area contributed by atoms with E-state index in [4.69, 9.17) is 4.98 Å². The fraction of sp³-hybridized carbons (Fsp3) is 0.0882. The van der Waals surface area contributed by atoms with Crippen molar-refractivity contribution in [2.24, 2.45) is 0 Å². The Morgan fingerprint density at radius 1 is 0.925 bits per heavy atom. The molecule has 40 heavy (non-hydrogen) atoms. The van der Waals surface area contributed by atoms with E-state index in [9.17, 15) is 4.39 Å². The highest BCUT2D eigenvalue weighted by atomic mass is 19.1. The predicted octanol–water partition coefficient (Wildman–Crippen LogP) is 8.46. The highest BCUT2D eigenvalue weighted by molar-refractivity contribution is 6.00. The third-order valence-electron chi connectivity index (χ3n) is 7.10. The monoisotopic (exact) mass is 525 g/mol. The summed E-state index contributed by atoms with van der Waals surface area (Å²) in [6, 6.07) is 23.0. The van der Waals surface area contributed by atoms with E-state index in [1.54, 1.807) is 12.3 Å². The van der Waals surface area contributed by atoms with E-state index >= 15 is 0 Å². The lowest BCUT2D eigenvalue weighted by molar-refractivity contribution is 0.628. The number of hydrogen-bond donors (Lipinski definition) is 2. The van der Waals surface area contributed by atoms with Gasteiger partial charge in [0, 0.05) is 28.0 Å². The van der Waals surface area contributed by atoms with Crippen molar-refractivity contribution in [3.8, 4) is 22.6 Å². The van der Waals surface area contributed by atoms with E-state index in [0.717, 1.165) is 74.1 Å². The van der Waals surface area contributed by atoms with E-state index in [-0.39, 0.29) is 5.82 Å². The third kappa shape index (κ3) is 4.99. The van der Waals surface area contributed by atoms with Gasteiger partial charge in [0.2, 0.25) is 0 Å². The molecule has 2 aromatic carbocycles. The van der Waals surface area contributed by atoms with Gasteiger partial charge in [-0.3, -0.25) is 15.1 Å². The summed E-state index contributed by atoms with van der Waals surface area (Å²) in [5.41, 5.74) is 9.15. The van der Waals surface area contributed by atoms with Crippen LogP contribution in [0, 0.1) is 5.82 Å². The molecule has 6 heteroatoms. The van der Waals surface area contributed by atoms with Gasteiger partial charge in [0.1, 0.15) is 11.5 Å². The Morgan fingerprint density at radius 3 is 2.58 bits per heavy atom. The van der Waals surface area contributed by atoms with Crippen LogP contribution in [-0.2, 0) is 6.42 Å². The molecule has 6 rings (SSSR count). The zero-order chi connectivity index (χ0) is 27.5. The number of nitrogens with one attached hydrogen (secondary N) is 2. The molecule has 0 fully saturated rings. The molecule has 196 valence electrons. The van der Waals surface area contributed by atoms with Crippen LogP contribution in [0.2, 0.25) is 0 Å². The van der Waals surface area contributed by atoms with Crippen molar-refractivity contribution in [1.29, 1.82) is 0 Å². The summed E-state index contributed by atoms with van der Waals surface area (Å²) < 4.78 is 13.9. The molecule has 0 spiro atoms. The van der Waals surface area contributed by atoms with Crippen LogP contribution < -0.4 is 0 Å². The maximum Gasteiger partial charge on any atom is 0.123 e. The number of fused-ring (bicyclic) bond motifs is 2. The largest absolute Gasteiger partial charge is 0.353 e. The number of aromatic nitrogens is 5. The van der Waals surface area contributed by atoms with E-state index < -0.39 is 0 Å². The van der Waals surface area contributed by atoms with Gasteiger partial charge in [-0.2, -0.15) is 5.10 Å². The number of hydrogen-bond acceptors (Lipinski definition) is 3. The van der Waals surface area contributed by atoms with Crippen LogP contribution in [0.1, 0.15) is 24.6 Å². The summed E-state index contributed by atoms with van der Waals surface area (Å²) in [7, 11) is 0. The second kappa shape index (κ2) is 10.9. The van der Waals surface area contributed by atoms with Crippen LogP contribution in [-0.4, -0.2) is 25.1 Å². The number of benzene rings is 2. The SMILES string of the molecule is C=C/C(=C\C(=C/C)c1cc2c(-c3cc4c(-c5cccc(F)c5)nccc4[nH]3)n[nH]c2cn1)CCc1ccccc1. The van der Waals surface area contributed by atoms with E-state index in [1.807, 2.05) is 43.5 Å². The highest BCUT2D eigenvalue weighted by Crippen LogP contribution is 2.34. The normalized spacial score (nSPS) is 12.3. The Morgan fingerprint density at radius 2 is 1.77 bits per heavy atom. The molecule has 0 aliphatic heterocycles. The molecule has 0 aliphatic carbocycles. The fourth-order valence-corrected chi connectivity index (χ4v) is 5.00. The number of halogens is 1. The molecule has 0 saturated heterocycles. The Bertz CT molecular complexity index is 1890. The molecule has 0 aliphatic rings. The minimum absolute atomic E-state index is 0.293. The summed E-state index contributed by atoms with van der Waals surface area (Å²) >= 11 is 0. The summed E-state index contributed by atoms with van der Waals surface area (Å²) in [6.45, 7) is 6.06. The van der Waals surface area contributed by atoms with E-state index in [0.29, 0.717) is 0 Å². The molecule has 5 nitrogen and oxygen atoms in total. The lowest BCUT2D eigenvalue weighted by Crippen LogP contribution is -1.91. The first-order valence-corrected chi connectivity index (χ1v) is 13.2. The molecule has 4 heterocycles. The average Bonchev–Trinajstić information content (AvgIpc) is 3.61. The standard InChI is InChI=1S/C34H28FN5/c1-3-22(13-14-23-9-6-5-7-10-23)17-24(4-2)30-19-28-32(21-37-30)39-40-34(28)31-20-27-29(38-31)15-16-36-33(27)25-11-8-12-26(35)18-25/h3-12,15-21,38H,1,13-14H2,2H3,(H,39,40)/b22-17+,24-4+. The predicted molar refractivity (Wildman–Crippen MR) is 161 cm³/mol. The maximum absolute atomic E-state index is 13.9. The molecule has 0 atom stereocenters. The van der Waals surface area contributed by atoms with Crippen LogP contribution >= 0.6 is 0 Å². The van der Waals surface area contributed by atoms with Crippen molar-refractivity contribution >= 4 is 27.4 Å². The lowest BCUT2D eigenvalue weighted by atomic mass is 10.0. The van der Waals surface area contributed by atoms with E-state index in [2.05, 4.69) is 69.2 Å². The van der Waals surface area contributed by atoms with Gasteiger partial charge in [0.25, 0.3) is 0 Å². The number of aromatic amines is 2. The van der Waals surface area contributed by atoms with Gasteiger partial charge in [0.15, 0.2) is 0 Å². The van der Waals surface area contributed by atoms with Crippen LogP contribution in [0.4, 0.5) is 4.39 Å². The summed E-state index contributed by atoms with van der Waals surface area (Å²) in [6.07, 6.45) is 11.5. The number of H-pyrrole nitrogens is 2. The molecule has 0 unspecified atom stereocenters. The van der Waals surface area contributed by atoms with E-state index in [1.165, 1.54) is 17.7 Å². The first kappa shape index (κ1) is 25.2. The number of rotatable bonds is 8. The number of nitrogens with zero attached hydrogens (tertiary/aromatic N) is 3. The molecular weight excluding hydrogens is 497 g/mol. The Hall–Kier alpha value is -5.10. The minimum Gasteiger partial charge on any atom is -0.353 e. The molecule has 0 radical (unpaired) electrons. The van der Waals surface area contributed by atoms with Crippen molar-refractivity contribution < 1.29 is 4.39 Å². The summed E-state index contributed by atoms with van der Waals surface area (Å²) in [4.78, 5) is 12.7. The van der Waals surface area contributed by atoms with Gasteiger partial charge in [-0.25, -0.2) is 4.39 Å². The van der Waals surface area contributed by atoms with Gasteiger partial charge in [0.05, 0.1) is 28.8 Å². The van der Waals surface area contributed by atoms with Crippen LogP contribution in [0.25, 0.3) is 50.0 Å². The molecule has 6 aromatic rings.